The topological polar surface area (TPSA) is 92.8 Å². The number of thioether (sulfide) groups is 1. The summed E-state index contributed by atoms with van der Waals surface area (Å²) in [5.74, 6) is -0.679. The number of benzene rings is 2. The fourth-order valence-electron chi connectivity index (χ4n) is 2.20. The molecule has 0 heterocycles. The lowest BCUT2D eigenvalue weighted by Gasteiger charge is -2.14. The normalized spacial score (nSPS) is 11.4. The Balaban J connectivity index is 1.84. The van der Waals surface area contributed by atoms with E-state index in [1.807, 2.05) is 18.2 Å². The van der Waals surface area contributed by atoms with Crippen LogP contribution in [-0.4, -0.2) is 51.1 Å². The van der Waals surface area contributed by atoms with Crippen molar-refractivity contribution in [2.45, 2.75) is 16.2 Å². The maximum Gasteiger partial charge on any atom is 0.307 e. The summed E-state index contributed by atoms with van der Waals surface area (Å²) in [4.78, 5) is 24.6. The van der Waals surface area contributed by atoms with Crippen molar-refractivity contribution in [1.82, 2.24) is 4.31 Å². The predicted octanol–water partition coefficient (Wildman–Crippen LogP) is 3.91. The highest BCUT2D eigenvalue weighted by Gasteiger charge is 2.21. The lowest BCUT2D eigenvalue weighted by atomic mass is 10.3. The Bertz CT molecular complexity index is 1030. The summed E-state index contributed by atoms with van der Waals surface area (Å²) >= 11 is 13.4. The van der Waals surface area contributed by atoms with Crippen molar-refractivity contribution in [3.8, 4) is 0 Å². The molecule has 0 bridgehead atoms. The third-order valence-electron chi connectivity index (χ3n) is 3.74. The van der Waals surface area contributed by atoms with Gasteiger partial charge in [0.15, 0.2) is 6.61 Å². The van der Waals surface area contributed by atoms with Crippen LogP contribution in [0.15, 0.2) is 52.3 Å². The number of hydrogen-bond donors (Lipinski definition) is 1. The third kappa shape index (κ3) is 6.88. The summed E-state index contributed by atoms with van der Waals surface area (Å²) in [6.07, 6.45) is 0.106. The average Bonchev–Trinajstić information content (AvgIpc) is 2.69. The van der Waals surface area contributed by atoms with Crippen molar-refractivity contribution in [3.05, 3.63) is 52.5 Å². The molecule has 30 heavy (non-hydrogen) atoms. The van der Waals surface area contributed by atoms with Gasteiger partial charge < -0.3 is 10.1 Å². The Morgan fingerprint density at radius 3 is 2.47 bits per heavy atom. The first kappa shape index (κ1) is 24.5. The zero-order chi connectivity index (χ0) is 22.3. The van der Waals surface area contributed by atoms with Crippen LogP contribution in [0.25, 0.3) is 0 Å². The summed E-state index contributed by atoms with van der Waals surface area (Å²) in [5.41, 5.74) is 0.218. The molecule has 0 spiro atoms. The number of esters is 1. The maximum atomic E-state index is 12.3. The molecule has 7 nitrogen and oxygen atoms in total. The third-order valence-corrected chi connectivity index (χ3v) is 7.55. The lowest BCUT2D eigenvalue weighted by Crippen LogP contribution is -2.23. The Morgan fingerprint density at radius 2 is 1.80 bits per heavy atom. The number of nitrogens with zero attached hydrogens (tertiary/aromatic N) is 1. The minimum Gasteiger partial charge on any atom is -0.456 e. The lowest BCUT2D eigenvalue weighted by molar-refractivity contribution is -0.146. The van der Waals surface area contributed by atoms with Crippen LogP contribution in [0.5, 0.6) is 0 Å². The van der Waals surface area contributed by atoms with Gasteiger partial charge in [0.05, 0.1) is 16.5 Å². The summed E-state index contributed by atoms with van der Waals surface area (Å²) in [7, 11) is -1.02. The number of sulfonamides is 1. The highest BCUT2D eigenvalue weighted by molar-refractivity contribution is 7.99. The SMILES string of the molecule is CN(C)S(=O)(=O)c1cc(NC(=O)COC(=O)CCSc2ccccc2Cl)ccc1Cl. The summed E-state index contributed by atoms with van der Waals surface area (Å²) in [6, 6.07) is 11.4. The van der Waals surface area contributed by atoms with Gasteiger partial charge in [-0.3, -0.25) is 9.59 Å². The van der Waals surface area contributed by atoms with Crippen molar-refractivity contribution in [2.75, 3.05) is 31.8 Å². The van der Waals surface area contributed by atoms with E-state index in [-0.39, 0.29) is 22.0 Å². The summed E-state index contributed by atoms with van der Waals surface area (Å²) in [6.45, 7) is -0.492. The van der Waals surface area contributed by atoms with E-state index in [1.165, 1.54) is 44.1 Å². The maximum absolute atomic E-state index is 12.3. The van der Waals surface area contributed by atoms with Gasteiger partial charge in [-0.1, -0.05) is 35.3 Å². The zero-order valence-corrected chi connectivity index (χ0v) is 19.4. The van der Waals surface area contributed by atoms with E-state index in [9.17, 15) is 18.0 Å². The zero-order valence-electron chi connectivity index (χ0n) is 16.2. The first-order valence-corrected chi connectivity index (χ1v) is 11.8. The van der Waals surface area contributed by atoms with Crippen molar-refractivity contribution in [3.63, 3.8) is 0 Å². The van der Waals surface area contributed by atoms with Crippen LogP contribution in [0, 0.1) is 0 Å². The number of carbonyl (C=O) groups is 2. The van der Waals surface area contributed by atoms with Crippen molar-refractivity contribution in [2.24, 2.45) is 0 Å². The van der Waals surface area contributed by atoms with E-state index in [2.05, 4.69) is 5.32 Å². The second-order valence-corrected chi connectivity index (χ2v) is 10.2. The molecule has 0 aliphatic rings. The van der Waals surface area contributed by atoms with Gasteiger partial charge in [0.25, 0.3) is 5.91 Å². The molecule has 0 aromatic heterocycles. The van der Waals surface area contributed by atoms with Crippen LogP contribution < -0.4 is 5.32 Å². The van der Waals surface area contributed by atoms with E-state index >= 15 is 0 Å². The molecule has 2 rings (SSSR count). The number of nitrogens with one attached hydrogen (secondary N) is 1. The van der Waals surface area contributed by atoms with Gasteiger partial charge in [-0.05, 0) is 30.3 Å². The second-order valence-electron chi connectivity index (χ2n) is 6.17. The van der Waals surface area contributed by atoms with Crippen LogP contribution in [-0.2, 0) is 24.3 Å². The van der Waals surface area contributed by atoms with Gasteiger partial charge in [-0.25, -0.2) is 12.7 Å². The van der Waals surface area contributed by atoms with Crippen molar-refractivity contribution in [1.29, 1.82) is 0 Å². The molecule has 0 saturated heterocycles. The van der Waals surface area contributed by atoms with Gasteiger partial charge >= 0.3 is 5.97 Å². The molecule has 0 aliphatic heterocycles. The van der Waals surface area contributed by atoms with Crippen LogP contribution in [0.3, 0.4) is 0 Å². The second kappa shape index (κ2) is 11.0. The molecule has 1 N–H and O–H groups in total. The largest absolute Gasteiger partial charge is 0.456 e. The minimum absolute atomic E-state index is 0.0316. The molecule has 2 aromatic carbocycles. The number of ether oxygens (including phenoxy) is 1. The molecule has 0 aliphatic carbocycles. The van der Waals surface area contributed by atoms with E-state index in [0.29, 0.717) is 10.8 Å². The minimum atomic E-state index is -3.77. The molecule has 0 radical (unpaired) electrons. The molecule has 0 fully saturated rings. The Morgan fingerprint density at radius 1 is 1.10 bits per heavy atom. The number of rotatable bonds is 9. The van der Waals surface area contributed by atoms with Crippen LogP contribution in [0.2, 0.25) is 10.0 Å². The molecule has 11 heteroatoms. The fraction of sp³-hybridized carbons (Fsp3) is 0.263. The number of halogens is 2. The monoisotopic (exact) mass is 490 g/mol. The van der Waals surface area contributed by atoms with Gasteiger partial charge in [0, 0.05) is 30.4 Å². The number of hydrogen-bond acceptors (Lipinski definition) is 6. The summed E-state index contributed by atoms with van der Waals surface area (Å²) in [5, 5.41) is 3.12. The van der Waals surface area contributed by atoms with Crippen LogP contribution in [0.1, 0.15) is 6.42 Å². The predicted molar refractivity (Wildman–Crippen MR) is 119 cm³/mol. The van der Waals surface area contributed by atoms with Crippen LogP contribution >= 0.6 is 35.0 Å². The number of anilines is 1. The van der Waals surface area contributed by atoms with Crippen molar-refractivity contribution < 1.29 is 22.7 Å². The van der Waals surface area contributed by atoms with E-state index in [1.54, 1.807) is 6.07 Å². The van der Waals surface area contributed by atoms with Crippen LogP contribution in [0.4, 0.5) is 5.69 Å². The van der Waals surface area contributed by atoms with E-state index < -0.39 is 28.5 Å². The van der Waals surface area contributed by atoms with Gasteiger partial charge in [0.2, 0.25) is 10.0 Å². The molecule has 0 saturated carbocycles. The van der Waals surface area contributed by atoms with Gasteiger partial charge in [-0.2, -0.15) is 0 Å². The summed E-state index contributed by atoms with van der Waals surface area (Å²) < 4.78 is 30.5. The van der Waals surface area contributed by atoms with Gasteiger partial charge in [-0.15, -0.1) is 11.8 Å². The quantitative estimate of drug-likeness (QED) is 0.423. The first-order valence-electron chi connectivity index (χ1n) is 8.66. The molecule has 1 amide bonds. The molecule has 162 valence electrons. The smallest absolute Gasteiger partial charge is 0.307 e. The molecular weight excluding hydrogens is 471 g/mol. The number of amides is 1. The average molecular weight is 491 g/mol. The number of carbonyl (C=O) groups excluding carboxylic acids is 2. The Hall–Kier alpha value is -1.78. The van der Waals surface area contributed by atoms with Gasteiger partial charge in [0.1, 0.15) is 4.90 Å². The molecule has 0 unspecified atom stereocenters. The Kier molecular flexibility index (Phi) is 8.99. The fourth-order valence-corrected chi connectivity index (χ4v) is 4.76. The van der Waals surface area contributed by atoms with E-state index in [4.69, 9.17) is 27.9 Å². The highest BCUT2D eigenvalue weighted by Crippen LogP contribution is 2.28. The van der Waals surface area contributed by atoms with Crippen molar-refractivity contribution >= 4 is 62.6 Å². The standard InChI is InChI=1S/C19H20Cl2N2O5S2/c1-23(2)30(26,27)17-11-13(7-8-15(17)21)22-18(24)12-28-19(25)9-10-29-16-6-4-3-5-14(16)20/h3-8,11H,9-10,12H2,1-2H3,(H,22,24). The molecule has 0 atom stereocenters. The highest BCUT2D eigenvalue weighted by atomic mass is 35.5. The Labute approximate surface area is 189 Å². The molecule has 2 aromatic rings. The first-order chi connectivity index (χ1) is 14.1. The molecular formula is C19H20Cl2N2O5S2. The van der Waals surface area contributed by atoms with E-state index in [0.717, 1.165) is 9.20 Å².